The van der Waals surface area contributed by atoms with Crippen molar-refractivity contribution in [2.75, 3.05) is 5.75 Å². The van der Waals surface area contributed by atoms with Crippen LogP contribution >= 0.6 is 0 Å². The molecule has 1 atom stereocenters. The molecule has 0 bridgehead atoms. The van der Waals surface area contributed by atoms with E-state index in [2.05, 4.69) is 4.72 Å². The Hall–Kier alpha value is -2.43. The molecule has 23 heavy (non-hydrogen) atoms. The van der Waals surface area contributed by atoms with Crippen molar-refractivity contribution in [2.24, 2.45) is 0 Å². The summed E-state index contributed by atoms with van der Waals surface area (Å²) < 4.78 is 45.0. The van der Waals surface area contributed by atoms with Crippen molar-refractivity contribution in [1.29, 1.82) is 5.26 Å². The van der Waals surface area contributed by atoms with Crippen LogP contribution in [0.3, 0.4) is 0 Å². The van der Waals surface area contributed by atoms with Crippen LogP contribution in [0, 0.1) is 17.1 Å². The van der Waals surface area contributed by atoms with Gasteiger partial charge in [0.05, 0.1) is 6.07 Å². The molecule has 0 aliphatic rings. The van der Waals surface area contributed by atoms with Crippen LogP contribution in [-0.4, -0.2) is 14.2 Å². The molecule has 0 saturated carbocycles. The highest BCUT2D eigenvalue weighted by Crippen LogP contribution is 2.27. The number of halogens is 1. The molecule has 0 unspecified atom stereocenters. The van der Waals surface area contributed by atoms with Crippen LogP contribution in [0.5, 0.6) is 11.5 Å². The third kappa shape index (κ3) is 4.77. The normalized spacial score (nSPS) is 12.4. The number of hydrogen-bond donors (Lipinski definition) is 1. The van der Waals surface area contributed by atoms with Crippen LogP contribution < -0.4 is 9.46 Å². The minimum absolute atomic E-state index is 0.0482. The third-order valence-electron chi connectivity index (χ3n) is 3.04. The molecular weight excluding hydrogens is 319 g/mol. The molecule has 0 spiro atoms. The molecule has 0 fully saturated rings. The Bertz CT molecular complexity index is 817. The van der Waals surface area contributed by atoms with E-state index < -0.39 is 27.6 Å². The standard InChI is InChI=1S/C16H15FN2O3S/c1-12(19-23(20,21)10-9-18)13-7-8-16(15(17)11-13)22-14-5-3-2-4-6-14/h2-8,11-12,19H,10H2,1H3/t12-/m1/s1. The Morgan fingerprint density at radius 1 is 1.26 bits per heavy atom. The number of sulfonamides is 1. The van der Waals surface area contributed by atoms with Gasteiger partial charge >= 0.3 is 0 Å². The van der Waals surface area contributed by atoms with Gasteiger partial charge in [0.1, 0.15) is 5.75 Å². The molecule has 2 rings (SSSR count). The average Bonchev–Trinajstić information content (AvgIpc) is 2.49. The number of ether oxygens (including phenoxy) is 1. The smallest absolute Gasteiger partial charge is 0.225 e. The number of nitrogens with one attached hydrogen (secondary N) is 1. The molecule has 7 heteroatoms. The Labute approximate surface area is 134 Å². The molecule has 0 heterocycles. The number of hydrogen-bond acceptors (Lipinski definition) is 4. The summed E-state index contributed by atoms with van der Waals surface area (Å²) in [5, 5.41) is 8.46. The molecule has 0 radical (unpaired) electrons. The third-order valence-corrected chi connectivity index (χ3v) is 4.26. The van der Waals surface area contributed by atoms with Gasteiger partial charge in [-0.1, -0.05) is 24.3 Å². The van der Waals surface area contributed by atoms with E-state index in [1.165, 1.54) is 12.1 Å². The van der Waals surface area contributed by atoms with Crippen molar-refractivity contribution >= 4 is 10.0 Å². The topological polar surface area (TPSA) is 79.2 Å². The fourth-order valence-electron chi connectivity index (χ4n) is 1.95. The van der Waals surface area contributed by atoms with Crippen LogP contribution in [0.4, 0.5) is 4.39 Å². The van der Waals surface area contributed by atoms with Gasteiger partial charge in [0, 0.05) is 6.04 Å². The number of nitriles is 1. The molecule has 1 N–H and O–H groups in total. The zero-order chi connectivity index (χ0) is 16.9. The SMILES string of the molecule is C[C@@H](NS(=O)(=O)CC#N)c1ccc(Oc2ccccc2)c(F)c1. The first-order chi connectivity index (χ1) is 10.9. The van der Waals surface area contributed by atoms with Gasteiger partial charge in [-0.05, 0) is 36.8 Å². The van der Waals surface area contributed by atoms with Gasteiger partial charge in [0.25, 0.3) is 0 Å². The second kappa shape index (κ2) is 7.22. The molecule has 2 aromatic carbocycles. The Morgan fingerprint density at radius 3 is 2.57 bits per heavy atom. The van der Waals surface area contributed by atoms with Crippen molar-refractivity contribution in [1.82, 2.24) is 4.72 Å². The molecule has 0 aromatic heterocycles. The number of benzene rings is 2. The van der Waals surface area contributed by atoms with E-state index in [0.717, 1.165) is 0 Å². The molecule has 0 amide bonds. The zero-order valence-electron chi connectivity index (χ0n) is 12.4. The summed E-state index contributed by atoms with van der Waals surface area (Å²) in [4.78, 5) is 0. The lowest BCUT2D eigenvalue weighted by atomic mass is 10.1. The summed E-state index contributed by atoms with van der Waals surface area (Å²) in [6.45, 7) is 1.57. The highest BCUT2D eigenvalue weighted by atomic mass is 32.2. The lowest BCUT2D eigenvalue weighted by Crippen LogP contribution is -2.28. The summed E-state index contributed by atoms with van der Waals surface area (Å²) in [5.74, 6) is -0.693. The first-order valence-electron chi connectivity index (χ1n) is 6.80. The van der Waals surface area contributed by atoms with E-state index in [9.17, 15) is 12.8 Å². The summed E-state index contributed by atoms with van der Waals surface area (Å²) in [6.07, 6.45) is 0. The second-order valence-corrected chi connectivity index (χ2v) is 6.62. The quantitative estimate of drug-likeness (QED) is 0.880. The number of para-hydroxylation sites is 1. The van der Waals surface area contributed by atoms with Crippen LogP contribution in [0.25, 0.3) is 0 Å². The number of nitrogens with zero attached hydrogens (tertiary/aromatic N) is 1. The van der Waals surface area contributed by atoms with Crippen LogP contribution in [0.15, 0.2) is 48.5 Å². The summed E-state index contributed by atoms with van der Waals surface area (Å²) in [5.41, 5.74) is 0.435. The van der Waals surface area contributed by atoms with Crippen molar-refractivity contribution in [3.63, 3.8) is 0 Å². The van der Waals surface area contributed by atoms with Gasteiger partial charge in [-0.2, -0.15) is 5.26 Å². The highest BCUT2D eigenvalue weighted by molar-refractivity contribution is 7.89. The molecule has 0 aliphatic heterocycles. The Kier molecular flexibility index (Phi) is 5.32. The minimum atomic E-state index is -3.72. The molecule has 5 nitrogen and oxygen atoms in total. The van der Waals surface area contributed by atoms with E-state index in [0.29, 0.717) is 11.3 Å². The summed E-state index contributed by atoms with van der Waals surface area (Å²) in [6, 6.07) is 13.9. The monoisotopic (exact) mass is 334 g/mol. The lowest BCUT2D eigenvalue weighted by molar-refractivity contribution is 0.441. The largest absolute Gasteiger partial charge is 0.454 e. The predicted molar refractivity (Wildman–Crippen MR) is 83.9 cm³/mol. The van der Waals surface area contributed by atoms with Crippen molar-refractivity contribution in [3.8, 4) is 17.6 Å². The average molecular weight is 334 g/mol. The first kappa shape index (κ1) is 16.9. The van der Waals surface area contributed by atoms with Crippen LogP contribution in [-0.2, 0) is 10.0 Å². The Balaban J connectivity index is 2.14. The van der Waals surface area contributed by atoms with E-state index in [-0.39, 0.29) is 5.75 Å². The van der Waals surface area contributed by atoms with Gasteiger partial charge in [0.15, 0.2) is 17.3 Å². The molecule has 0 saturated heterocycles. The van der Waals surface area contributed by atoms with E-state index >= 15 is 0 Å². The van der Waals surface area contributed by atoms with Crippen LogP contribution in [0.2, 0.25) is 0 Å². The van der Waals surface area contributed by atoms with E-state index in [1.54, 1.807) is 43.3 Å². The van der Waals surface area contributed by atoms with Crippen molar-refractivity contribution in [2.45, 2.75) is 13.0 Å². The van der Waals surface area contributed by atoms with E-state index in [1.807, 2.05) is 6.07 Å². The van der Waals surface area contributed by atoms with Crippen molar-refractivity contribution < 1.29 is 17.5 Å². The fourth-order valence-corrected chi connectivity index (χ4v) is 2.88. The fraction of sp³-hybridized carbons (Fsp3) is 0.188. The summed E-state index contributed by atoms with van der Waals surface area (Å²) >= 11 is 0. The molecular formula is C16H15FN2O3S. The molecule has 0 aliphatic carbocycles. The van der Waals surface area contributed by atoms with Gasteiger partial charge in [0.2, 0.25) is 10.0 Å². The maximum Gasteiger partial charge on any atom is 0.225 e. The van der Waals surface area contributed by atoms with Crippen molar-refractivity contribution in [3.05, 3.63) is 59.9 Å². The Morgan fingerprint density at radius 2 is 1.96 bits per heavy atom. The van der Waals surface area contributed by atoms with Gasteiger partial charge in [-0.3, -0.25) is 0 Å². The van der Waals surface area contributed by atoms with Gasteiger partial charge in [-0.15, -0.1) is 0 Å². The van der Waals surface area contributed by atoms with Gasteiger partial charge < -0.3 is 4.74 Å². The molecule has 2 aromatic rings. The minimum Gasteiger partial charge on any atom is -0.454 e. The highest BCUT2D eigenvalue weighted by Gasteiger charge is 2.17. The number of rotatable bonds is 6. The van der Waals surface area contributed by atoms with E-state index in [4.69, 9.17) is 10.00 Å². The second-order valence-electron chi connectivity index (χ2n) is 4.86. The predicted octanol–water partition coefficient (Wildman–Crippen LogP) is 3.12. The van der Waals surface area contributed by atoms with Crippen LogP contribution in [0.1, 0.15) is 18.5 Å². The molecule has 120 valence electrons. The summed E-state index contributed by atoms with van der Waals surface area (Å²) in [7, 11) is -3.72. The lowest BCUT2D eigenvalue weighted by Gasteiger charge is -2.14. The first-order valence-corrected chi connectivity index (χ1v) is 8.46. The maximum absolute atomic E-state index is 14.1. The van der Waals surface area contributed by atoms with Gasteiger partial charge in [-0.25, -0.2) is 17.5 Å². The zero-order valence-corrected chi connectivity index (χ0v) is 13.2. The maximum atomic E-state index is 14.1.